The maximum Gasteiger partial charge on any atom is 0.163 e. The number of halogens is 1. The molecule has 1 aromatic rings. The van der Waals surface area contributed by atoms with Gasteiger partial charge in [-0.15, -0.1) is 0 Å². The van der Waals surface area contributed by atoms with E-state index in [0.717, 1.165) is 17.7 Å². The number of benzene rings is 1. The lowest BCUT2D eigenvalue weighted by Crippen LogP contribution is -2.05. The van der Waals surface area contributed by atoms with Gasteiger partial charge in [0.15, 0.2) is 5.78 Å². The van der Waals surface area contributed by atoms with E-state index in [1.807, 2.05) is 13.0 Å². The van der Waals surface area contributed by atoms with Crippen molar-refractivity contribution in [2.24, 2.45) is 0 Å². The van der Waals surface area contributed by atoms with E-state index in [4.69, 9.17) is 16.3 Å². The molecule has 94 valence electrons. The average molecular weight is 273 g/mol. The molecule has 0 aliphatic rings. The zero-order valence-corrected chi connectivity index (χ0v) is 12.0. The third-order valence-corrected chi connectivity index (χ3v) is 3.27. The number of Topliss-reactive ketones (excluding diaryl/α,β-unsaturated/α-hetero) is 1. The molecule has 0 unspecified atom stereocenters. The maximum atomic E-state index is 11.5. The fourth-order valence-electron chi connectivity index (χ4n) is 1.56. The smallest absolute Gasteiger partial charge is 0.163 e. The van der Waals surface area contributed by atoms with Gasteiger partial charge in [-0.1, -0.05) is 11.6 Å². The zero-order valence-electron chi connectivity index (χ0n) is 10.4. The van der Waals surface area contributed by atoms with E-state index in [2.05, 4.69) is 6.26 Å². The highest BCUT2D eigenvalue weighted by atomic mass is 35.5. The highest BCUT2D eigenvalue weighted by molar-refractivity contribution is 7.98. The number of aryl methyl sites for hydroxylation is 1. The number of hydrogen-bond donors (Lipinski definition) is 0. The van der Waals surface area contributed by atoms with E-state index in [1.54, 1.807) is 17.8 Å². The number of carbonyl (C=O) groups excluding carboxylic acids is 1. The second-order valence-corrected chi connectivity index (χ2v) is 5.27. The van der Waals surface area contributed by atoms with Gasteiger partial charge in [0.25, 0.3) is 0 Å². The lowest BCUT2D eigenvalue weighted by molar-refractivity contribution is 0.101. The van der Waals surface area contributed by atoms with Crippen LogP contribution in [0.3, 0.4) is 0 Å². The van der Waals surface area contributed by atoms with Gasteiger partial charge in [0.1, 0.15) is 5.75 Å². The highest BCUT2D eigenvalue weighted by Gasteiger charge is 2.12. The summed E-state index contributed by atoms with van der Waals surface area (Å²) in [6, 6.07) is 3.48. The second kappa shape index (κ2) is 6.92. The van der Waals surface area contributed by atoms with Crippen molar-refractivity contribution in [3.05, 3.63) is 28.3 Å². The first-order valence-electron chi connectivity index (χ1n) is 5.49. The first kappa shape index (κ1) is 14.4. The Hall–Kier alpha value is -0.670. The summed E-state index contributed by atoms with van der Waals surface area (Å²) < 4.78 is 5.69. The molecule has 1 rings (SSSR count). The molecular weight excluding hydrogens is 256 g/mol. The van der Waals surface area contributed by atoms with Gasteiger partial charge in [-0.05, 0) is 50.0 Å². The van der Waals surface area contributed by atoms with Crippen LogP contribution in [0, 0.1) is 6.92 Å². The lowest BCUT2D eigenvalue weighted by atomic mass is 10.1. The molecule has 0 heterocycles. The van der Waals surface area contributed by atoms with Gasteiger partial charge in [-0.2, -0.15) is 11.8 Å². The summed E-state index contributed by atoms with van der Waals surface area (Å²) in [4.78, 5) is 11.5. The summed E-state index contributed by atoms with van der Waals surface area (Å²) in [5, 5.41) is 0.573. The Labute approximate surface area is 112 Å². The van der Waals surface area contributed by atoms with Gasteiger partial charge in [-0.3, -0.25) is 4.79 Å². The van der Waals surface area contributed by atoms with E-state index in [1.165, 1.54) is 6.92 Å². The van der Waals surface area contributed by atoms with Crippen molar-refractivity contribution in [2.75, 3.05) is 18.6 Å². The van der Waals surface area contributed by atoms with Crippen LogP contribution in [0.2, 0.25) is 5.02 Å². The molecule has 17 heavy (non-hydrogen) atoms. The Balaban J connectivity index is 2.85. The second-order valence-electron chi connectivity index (χ2n) is 3.85. The van der Waals surface area contributed by atoms with Crippen molar-refractivity contribution in [3.8, 4) is 5.75 Å². The van der Waals surface area contributed by atoms with Gasteiger partial charge in [-0.25, -0.2) is 0 Å². The Bertz CT molecular complexity index is 405. The summed E-state index contributed by atoms with van der Waals surface area (Å²) in [6.45, 7) is 4.06. The molecule has 0 saturated heterocycles. The number of rotatable bonds is 6. The van der Waals surface area contributed by atoms with Crippen molar-refractivity contribution >= 4 is 29.1 Å². The quantitative estimate of drug-likeness (QED) is 0.579. The molecule has 0 amide bonds. The lowest BCUT2D eigenvalue weighted by Gasteiger charge is -2.13. The number of thioether (sulfide) groups is 1. The Morgan fingerprint density at radius 1 is 1.47 bits per heavy atom. The number of hydrogen-bond acceptors (Lipinski definition) is 3. The number of ether oxygens (including phenoxy) is 1. The zero-order chi connectivity index (χ0) is 12.8. The summed E-state index contributed by atoms with van der Waals surface area (Å²) in [6.07, 6.45) is 3.04. The van der Waals surface area contributed by atoms with Crippen LogP contribution in [0.4, 0.5) is 0 Å². The highest BCUT2D eigenvalue weighted by Crippen LogP contribution is 2.28. The van der Waals surface area contributed by atoms with Crippen molar-refractivity contribution in [1.82, 2.24) is 0 Å². The van der Waals surface area contributed by atoms with Crippen molar-refractivity contribution < 1.29 is 9.53 Å². The van der Waals surface area contributed by atoms with Crippen LogP contribution in [0.5, 0.6) is 5.75 Å². The number of ketones is 1. The standard InChI is InChI=1S/C13H17ClO2S/c1-9-7-11(14)8-12(10(2)15)13(9)16-5-4-6-17-3/h7-8H,4-6H2,1-3H3. The molecule has 0 aliphatic heterocycles. The van der Waals surface area contributed by atoms with Gasteiger partial charge < -0.3 is 4.74 Å². The Morgan fingerprint density at radius 3 is 2.76 bits per heavy atom. The molecule has 0 spiro atoms. The summed E-state index contributed by atoms with van der Waals surface area (Å²) in [5.74, 6) is 1.71. The Kier molecular flexibility index (Phi) is 5.86. The van der Waals surface area contributed by atoms with Gasteiger partial charge in [0.05, 0.1) is 12.2 Å². The molecule has 0 atom stereocenters. The summed E-state index contributed by atoms with van der Waals surface area (Å²) in [7, 11) is 0. The minimum absolute atomic E-state index is 0.0181. The van der Waals surface area contributed by atoms with E-state index in [9.17, 15) is 4.79 Å². The molecule has 2 nitrogen and oxygen atoms in total. The molecule has 0 saturated carbocycles. The minimum Gasteiger partial charge on any atom is -0.493 e. The fraction of sp³-hybridized carbons (Fsp3) is 0.462. The number of carbonyl (C=O) groups is 1. The molecule has 0 aliphatic carbocycles. The molecule has 0 radical (unpaired) electrons. The summed E-state index contributed by atoms with van der Waals surface area (Å²) >= 11 is 7.72. The van der Waals surface area contributed by atoms with E-state index < -0.39 is 0 Å². The predicted molar refractivity (Wildman–Crippen MR) is 74.7 cm³/mol. The SMILES string of the molecule is CSCCCOc1c(C)cc(Cl)cc1C(C)=O. The normalized spacial score (nSPS) is 10.4. The van der Waals surface area contributed by atoms with Crippen LogP contribution in [0.1, 0.15) is 29.3 Å². The first-order chi connectivity index (χ1) is 8.06. The third kappa shape index (κ3) is 4.25. The van der Waals surface area contributed by atoms with Gasteiger partial charge in [0, 0.05) is 5.02 Å². The third-order valence-electron chi connectivity index (χ3n) is 2.36. The first-order valence-corrected chi connectivity index (χ1v) is 7.26. The fourth-order valence-corrected chi connectivity index (χ4v) is 2.24. The van der Waals surface area contributed by atoms with Crippen molar-refractivity contribution in [3.63, 3.8) is 0 Å². The maximum absolute atomic E-state index is 11.5. The van der Waals surface area contributed by atoms with Crippen molar-refractivity contribution in [1.29, 1.82) is 0 Å². The van der Waals surface area contributed by atoms with Crippen molar-refractivity contribution in [2.45, 2.75) is 20.3 Å². The molecule has 4 heteroatoms. The van der Waals surface area contributed by atoms with E-state index >= 15 is 0 Å². The Morgan fingerprint density at radius 2 is 2.18 bits per heavy atom. The predicted octanol–water partition coefficient (Wildman–Crippen LogP) is 3.98. The van der Waals surface area contributed by atoms with Gasteiger partial charge in [0.2, 0.25) is 0 Å². The van der Waals surface area contributed by atoms with Crippen LogP contribution in [-0.4, -0.2) is 24.4 Å². The van der Waals surface area contributed by atoms with E-state index in [0.29, 0.717) is 22.9 Å². The molecular formula is C13H17ClO2S. The van der Waals surface area contributed by atoms with Crippen LogP contribution < -0.4 is 4.74 Å². The van der Waals surface area contributed by atoms with Crippen LogP contribution in [0.15, 0.2) is 12.1 Å². The topological polar surface area (TPSA) is 26.3 Å². The summed E-state index contributed by atoms with van der Waals surface area (Å²) in [5.41, 5.74) is 1.48. The van der Waals surface area contributed by atoms with Crippen LogP contribution in [0.25, 0.3) is 0 Å². The minimum atomic E-state index is -0.0181. The van der Waals surface area contributed by atoms with Crippen LogP contribution >= 0.6 is 23.4 Å². The van der Waals surface area contributed by atoms with E-state index in [-0.39, 0.29) is 5.78 Å². The van der Waals surface area contributed by atoms with Gasteiger partial charge >= 0.3 is 0 Å². The molecule has 1 aromatic carbocycles. The molecule has 0 aromatic heterocycles. The monoisotopic (exact) mass is 272 g/mol. The molecule has 0 bridgehead atoms. The molecule has 0 N–H and O–H groups in total. The van der Waals surface area contributed by atoms with Crippen LogP contribution in [-0.2, 0) is 0 Å². The average Bonchev–Trinajstić information content (AvgIpc) is 2.25. The largest absolute Gasteiger partial charge is 0.493 e. The molecule has 0 fully saturated rings.